The van der Waals surface area contributed by atoms with E-state index >= 15 is 0 Å². The third-order valence-electron chi connectivity index (χ3n) is 3.43. The molecule has 1 heterocycles. The molecule has 1 fully saturated rings. The van der Waals surface area contributed by atoms with E-state index in [1.54, 1.807) is 18.2 Å². The van der Waals surface area contributed by atoms with E-state index in [4.69, 9.17) is 33.0 Å². The standard InChI is InChI=1S/C14H17Cl2NO3/c15-11-4-1-5-12(16)13(11)20-8-7-17-6-2-3-10(9-17)14(18)19/h1,4-5,10H,2-3,6-9H2,(H,18,19)/t10-/m1/s1. The summed E-state index contributed by atoms with van der Waals surface area (Å²) in [6, 6.07) is 5.22. The van der Waals surface area contributed by atoms with Gasteiger partial charge in [0.15, 0.2) is 5.75 Å². The number of para-hydroxylation sites is 1. The quantitative estimate of drug-likeness (QED) is 0.906. The van der Waals surface area contributed by atoms with Gasteiger partial charge in [-0.25, -0.2) is 0 Å². The van der Waals surface area contributed by atoms with E-state index in [0.717, 1.165) is 19.4 Å². The number of piperidine rings is 1. The number of hydrogen-bond acceptors (Lipinski definition) is 3. The van der Waals surface area contributed by atoms with Crippen molar-refractivity contribution in [2.75, 3.05) is 26.2 Å². The molecule has 0 bridgehead atoms. The Morgan fingerprint density at radius 1 is 1.40 bits per heavy atom. The SMILES string of the molecule is O=C(O)[C@@H]1CCCN(CCOc2c(Cl)cccc2Cl)C1. The van der Waals surface area contributed by atoms with Crippen LogP contribution in [0, 0.1) is 5.92 Å². The topological polar surface area (TPSA) is 49.8 Å². The summed E-state index contributed by atoms with van der Waals surface area (Å²) in [5.41, 5.74) is 0. The third kappa shape index (κ3) is 4.01. The van der Waals surface area contributed by atoms with Gasteiger partial charge in [0.05, 0.1) is 16.0 Å². The molecule has 1 aliphatic rings. The van der Waals surface area contributed by atoms with Gasteiger partial charge in [-0.3, -0.25) is 9.69 Å². The van der Waals surface area contributed by atoms with Crippen LogP contribution < -0.4 is 4.74 Å². The van der Waals surface area contributed by atoms with Crippen molar-refractivity contribution in [3.8, 4) is 5.75 Å². The summed E-state index contributed by atoms with van der Waals surface area (Å²) in [7, 11) is 0. The van der Waals surface area contributed by atoms with Crippen molar-refractivity contribution in [3.63, 3.8) is 0 Å². The first-order valence-electron chi connectivity index (χ1n) is 6.60. The van der Waals surface area contributed by atoms with Crippen LogP contribution >= 0.6 is 23.2 Å². The number of carboxylic acids is 1. The maximum absolute atomic E-state index is 11.0. The molecule has 0 aromatic heterocycles. The summed E-state index contributed by atoms with van der Waals surface area (Å²) < 4.78 is 5.61. The minimum absolute atomic E-state index is 0.271. The molecule has 1 aliphatic heterocycles. The maximum Gasteiger partial charge on any atom is 0.307 e. The molecular formula is C14H17Cl2NO3. The van der Waals surface area contributed by atoms with Gasteiger partial charge in [-0.15, -0.1) is 0 Å². The molecule has 2 rings (SSSR count). The zero-order chi connectivity index (χ0) is 14.5. The Morgan fingerprint density at radius 2 is 2.10 bits per heavy atom. The Labute approximate surface area is 128 Å². The predicted molar refractivity (Wildman–Crippen MR) is 78.8 cm³/mol. The van der Waals surface area contributed by atoms with Crippen molar-refractivity contribution in [1.29, 1.82) is 0 Å². The first-order valence-corrected chi connectivity index (χ1v) is 7.35. The number of nitrogens with zero attached hydrogens (tertiary/aromatic N) is 1. The number of rotatable bonds is 5. The smallest absolute Gasteiger partial charge is 0.307 e. The Balaban J connectivity index is 1.82. The van der Waals surface area contributed by atoms with Gasteiger partial charge in [0, 0.05) is 13.1 Å². The minimum Gasteiger partial charge on any atom is -0.489 e. The maximum atomic E-state index is 11.0. The summed E-state index contributed by atoms with van der Waals surface area (Å²) in [5, 5.41) is 10.0. The van der Waals surface area contributed by atoms with Crippen LogP contribution in [0.25, 0.3) is 0 Å². The molecule has 0 aliphatic carbocycles. The van der Waals surface area contributed by atoms with Gasteiger partial charge in [-0.1, -0.05) is 29.3 Å². The van der Waals surface area contributed by atoms with Crippen LogP contribution in [-0.4, -0.2) is 42.2 Å². The number of benzene rings is 1. The van der Waals surface area contributed by atoms with E-state index in [1.165, 1.54) is 0 Å². The van der Waals surface area contributed by atoms with Crippen molar-refractivity contribution in [1.82, 2.24) is 4.90 Å². The van der Waals surface area contributed by atoms with Gasteiger partial charge in [0.2, 0.25) is 0 Å². The Morgan fingerprint density at radius 3 is 2.75 bits per heavy atom. The Bertz CT molecular complexity index is 461. The largest absolute Gasteiger partial charge is 0.489 e. The Hall–Kier alpha value is -0.970. The van der Waals surface area contributed by atoms with Crippen molar-refractivity contribution in [3.05, 3.63) is 28.2 Å². The van der Waals surface area contributed by atoms with Crippen LogP contribution in [0.15, 0.2) is 18.2 Å². The average molecular weight is 318 g/mol. The molecule has 1 saturated heterocycles. The van der Waals surface area contributed by atoms with Crippen molar-refractivity contribution >= 4 is 29.2 Å². The lowest BCUT2D eigenvalue weighted by atomic mass is 9.98. The van der Waals surface area contributed by atoms with Crippen molar-refractivity contribution in [2.24, 2.45) is 5.92 Å². The lowest BCUT2D eigenvalue weighted by Crippen LogP contribution is -2.40. The van der Waals surface area contributed by atoms with Gasteiger partial charge in [-0.2, -0.15) is 0 Å². The van der Waals surface area contributed by atoms with Crippen LogP contribution in [0.1, 0.15) is 12.8 Å². The lowest BCUT2D eigenvalue weighted by molar-refractivity contribution is -0.143. The lowest BCUT2D eigenvalue weighted by Gasteiger charge is -2.30. The van der Waals surface area contributed by atoms with Gasteiger partial charge >= 0.3 is 5.97 Å². The van der Waals surface area contributed by atoms with E-state index in [2.05, 4.69) is 4.90 Å². The molecule has 0 saturated carbocycles. The fourth-order valence-corrected chi connectivity index (χ4v) is 2.86. The number of halogens is 2. The zero-order valence-electron chi connectivity index (χ0n) is 11.0. The second-order valence-electron chi connectivity index (χ2n) is 4.88. The van der Waals surface area contributed by atoms with E-state index in [0.29, 0.717) is 35.5 Å². The highest BCUT2D eigenvalue weighted by atomic mass is 35.5. The number of carboxylic acid groups (broad SMARTS) is 1. The fourth-order valence-electron chi connectivity index (χ4n) is 2.36. The van der Waals surface area contributed by atoms with Gasteiger partial charge < -0.3 is 9.84 Å². The average Bonchev–Trinajstić information content (AvgIpc) is 2.42. The Kier molecular flexibility index (Phi) is 5.52. The van der Waals surface area contributed by atoms with E-state index < -0.39 is 5.97 Å². The summed E-state index contributed by atoms with van der Waals surface area (Å²) >= 11 is 12.0. The number of carbonyl (C=O) groups is 1. The summed E-state index contributed by atoms with van der Waals surface area (Å²) in [5.74, 6) is -0.500. The van der Waals surface area contributed by atoms with Crippen LogP contribution in [0.2, 0.25) is 10.0 Å². The van der Waals surface area contributed by atoms with Crippen LogP contribution in [-0.2, 0) is 4.79 Å². The molecule has 1 atom stereocenters. The predicted octanol–water partition coefficient (Wildman–Crippen LogP) is 3.17. The monoisotopic (exact) mass is 317 g/mol. The summed E-state index contributed by atoms with van der Waals surface area (Å²) in [6.45, 7) is 2.60. The molecule has 110 valence electrons. The molecule has 0 radical (unpaired) electrons. The van der Waals surface area contributed by atoms with Gasteiger partial charge in [-0.05, 0) is 31.5 Å². The van der Waals surface area contributed by atoms with Crippen LogP contribution in [0.4, 0.5) is 0 Å². The van der Waals surface area contributed by atoms with E-state index in [1.807, 2.05) is 0 Å². The highest BCUT2D eigenvalue weighted by molar-refractivity contribution is 6.37. The number of aliphatic carboxylic acids is 1. The molecule has 1 aromatic carbocycles. The molecule has 0 spiro atoms. The first-order chi connectivity index (χ1) is 9.58. The molecule has 0 amide bonds. The van der Waals surface area contributed by atoms with Crippen LogP contribution in [0.3, 0.4) is 0 Å². The first kappa shape index (κ1) is 15.4. The molecular weight excluding hydrogens is 301 g/mol. The molecule has 1 N–H and O–H groups in total. The number of likely N-dealkylation sites (tertiary alicyclic amines) is 1. The van der Waals surface area contributed by atoms with Crippen molar-refractivity contribution < 1.29 is 14.6 Å². The van der Waals surface area contributed by atoms with Gasteiger partial charge in [0.25, 0.3) is 0 Å². The molecule has 6 heteroatoms. The zero-order valence-corrected chi connectivity index (χ0v) is 12.5. The number of ether oxygens (including phenoxy) is 1. The highest BCUT2D eigenvalue weighted by Crippen LogP contribution is 2.32. The van der Waals surface area contributed by atoms with Crippen LogP contribution in [0.5, 0.6) is 5.75 Å². The second kappa shape index (κ2) is 7.16. The van der Waals surface area contributed by atoms with E-state index in [-0.39, 0.29) is 5.92 Å². The third-order valence-corrected chi connectivity index (χ3v) is 4.02. The summed E-state index contributed by atoms with van der Waals surface area (Å²) in [4.78, 5) is 13.1. The fraction of sp³-hybridized carbons (Fsp3) is 0.500. The second-order valence-corrected chi connectivity index (χ2v) is 5.69. The molecule has 1 aromatic rings. The van der Waals surface area contributed by atoms with E-state index in [9.17, 15) is 4.79 Å². The normalized spacial score (nSPS) is 19.8. The highest BCUT2D eigenvalue weighted by Gasteiger charge is 2.25. The minimum atomic E-state index is -0.718. The molecule has 4 nitrogen and oxygen atoms in total. The molecule has 20 heavy (non-hydrogen) atoms. The van der Waals surface area contributed by atoms with Crippen molar-refractivity contribution in [2.45, 2.75) is 12.8 Å². The number of hydrogen-bond donors (Lipinski definition) is 1. The van der Waals surface area contributed by atoms with Gasteiger partial charge in [0.1, 0.15) is 6.61 Å². The summed E-state index contributed by atoms with van der Waals surface area (Å²) in [6.07, 6.45) is 1.66. The molecule has 0 unspecified atom stereocenters.